The Bertz CT molecular complexity index is 1090. The van der Waals surface area contributed by atoms with Crippen molar-refractivity contribution in [3.05, 3.63) is 99.3 Å². The van der Waals surface area contributed by atoms with E-state index in [4.69, 9.17) is 27.9 Å². The molecule has 1 aliphatic rings. The first-order valence-corrected chi connectivity index (χ1v) is 9.30. The number of hydrogen-bond acceptors (Lipinski definition) is 3. The number of nitrogens with one attached hydrogen (secondary N) is 1. The lowest BCUT2D eigenvalue weighted by Crippen LogP contribution is -2.20. The van der Waals surface area contributed by atoms with Gasteiger partial charge in [-0.15, -0.1) is 0 Å². The average Bonchev–Trinajstić information content (AvgIpc) is 3.11. The Labute approximate surface area is 172 Å². The summed E-state index contributed by atoms with van der Waals surface area (Å²) in [5, 5.41) is 3.81. The number of halogens is 2. The molecule has 1 N–H and O–H groups in total. The van der Waals surface area contributed by atoms with Crippen LogP contribution in [-0.4, -0.2) is 11.1 Å². The molecule has 0 saturated carbocycles. The van der Waals surface area contributed by atoms with Crippen molar-refractivity contribution in [3.8, 4) is 11.8 Å². The largest absolute Gasteiger partial charge is 0.439 e. The number of cyclic esters (lactones) is 1. The third-order valence-electron chi connectivity index (χ3n) is 4.32. The molecule has 1 aliphatic heterocycles. The van der Waals surface area contributed by atoms with Crippen molar-refractivity contribution in [1.82, 2.24) is 10.3 Å². The van der Waals surface area contributed by atoms with Gasteiger partial charge in [0, 0.05) is 39.1 Å². The van der Waals surface area contributed by atoms with E-state index in [1.807, 2.05) is 36.4 Å². The third kappa shape index (κ3) is 3.96. The van der Waals surface area contributed by atoms with E-state index in [1.54, 1.807) is 30.6 Å². The molecule has 2 atom stereocenters. The molecule has 1 fully saturated rings. The molecule has 138 valence electrons. The highest BCUT2D eigenvalue weighted by atomic mass is 35.5. The van der Waals surface area contributed by atoms with E-state index in [9.17, 15) is 4.79 Å². The fraction of sp³-hybridized carbons (Fsp3) is 0.0909. The maximum Gasteiger partial charge on any atom is 0.408 e. The number of carbonyl (C=O) groups excluding carboxylic acids is 1. The van der Waals surface area contributed by atoms with Crippen LogP contribution in [0, 0.1) is 11.8 Å². The molecule has 0 aliphatic carbocycles. The number of ether oxygens (including phenoxy) is 1. The van der Waals surface area contributed by atoms with Crippen molar-refractivity contribution >= 4 is 29.3 Å². The number of aromatic nitrogens is 1. The Balaban J connectivity index is 1.67. The van der Waals surface area contributed by atoms with Crippen LogP contribution < -0.4 is 5.32 Å². The molecule has 28 heavy (non-hydrogen) atoms. The smallest absolute Gasteiger partial charge is 0.408 e. The van der Waals surface area contributed by atoms with Gasteiger partial charge in [-0.25, -0.2) is 4.79 Å². The number of amides is 1. The molecular weight excluding hydrogens is 395 g/mol. The maximum absolute atomic E-state index is 11.9. The van der Waals surface area contributed by atoms with Crippen LogP contribution in [0.5, 0.6) is 0 Å². The van der Waals surface area contributed by atoms with Gasteiger partial charge >= 0.3 is 6.09 Å². The van der Waals surface area contributed by atoms with Crippen molar-refractivity contribution < 1.29 is 9.53 Å². The zero-order chi connectivity index (χ0) is 19.5. The van der Waals surface area contributed by atoms with Gasteiger partial charge in [-0.3, -0.25) is 4.98 Å². The van der Waals surface area contributed by atoms with Gasteiger partial charge in [-0.2, -0.15) is 0 Å². The highest BCUT2D eigenvalue weighted by molar-refractivity contribution is 6.33. The van der Waals surface area contributed by atoms with E-state index >= 15 is 0 Å². The molecule has 1 saturated heterocycles. The minimum absolute atomic E-state index is 0.450. The predicted octanol–water partition coefficient (Wildman–Crippen LogP) is 5.31. The molecule has 6 heteroatoms. The number of alkyl carbamates (subject to hydrolysis) is 1. The Morgan fingerprint density at radius 1 is 0.964 bits per heavy atom. The summed E-state index contributed by atoms with van der Waals surface area (Å²) in [6.45, 7) is 0. The second-order valence-electron chi connectivity index (χ2n) is 6.24. The summed E-state index contributed by atoms with van der Waals surface area (Å²) in [6, 6.07) is 16.2. The zero-order valence-corrected chi connectivity index (χ0v) is 16.0. The number of benzene rings is 2. The van der Waals surface area contributed by atoms with Gasteiger partial charge in [0.15, 0.2) is 6.10 Å². The minimum Gasteiger partial charge on any atom is -0.439 e. The van der Waals surface area contributed by atoms with Crippen LogP contribution >= 0.6 is 23.2 Å². The maximum atomic E-state index is 11.9. The Kier molecular flexibility index (Phi) is 5.21. The van der Waals surface area contributed by atoms with Gasteiger partial charge in [0.05, 0.1) is 0 Å². The summed E-state index contributed by atoms with van der Waals surface area (Å²) in [7, 11) is 0. The van der Waals surface area contributed by atoms with Crippen molar-refractivity contribution in [1.29, 1.82) is 0 Å². The van der Waals surface area contributed by atoms with Crippen molar-refractivity contribution in [2.45, 2.75) is 12.1 Å². The average molecular weight is 409 g/mol. The van der Waals surface area contributed by atoms with Gasteiger partial charge in [0.25, 0.3) is 0 Å². The standard InChI is InChI=1S/C22H14Cl2N2O2/c23-17-8-9-19(24)18(11-17)21-20(26-22(27)28-21)16-10-15(12-25-13-16)7-6-14-4-2-1-3-5-14/h1-5,8-13,20-21H,(H,26,27)/t20-,21-/m0/s1. The Hall–Kier alpha value is -3.00. The number of hydrogen-bond donors (Lipinski definition) is 1. The summed E-state index contributed by atoms with van der Waals surface area (Å²) in [5.74, 6) is 6.20. The summed E-state index contributed by atoms with van der Waals surface area (Å²) in [5.41, 5.74) is 3.05. The Morgan fingerprint density at radius 2 is 1.75 bits per heavy atom. The van der Waals surface area contributed by atoms with Crippen LogP contribution in [0.15, 0.2) is 67.0 Å². The second-order valence-corrected chi connectivity index (χ2v) is 7.08. The monoisotopic (exact) mass is 408 g/mol. The number of pyridine rings is 1. The van der Waals surface area contributed by atoms with Gasteiger partial charge in [0.2, 0.25) is 0 Å². The lowest BCUT2D eigenvalue weighted by Gasteiger charge is -2.19. The topological polar surface area (TPSA) is 51.2 Å². The van der Waals surface area contributed by atoms with Gasteiger partial charge < -0.3 is 10.1 Å². The SMILES string of the molecule is O=C1N[C@@H](c2cncc(C#Cc3ccccc3)c2)[C@H](c2cc(Cl)ccc2Cl)O1. The number of carbonyl (C=O) groups is 1. The van der Waals surface area contributed by atoms with Crippen LogP contribution in [0.3, 0.4) is 0 Å². The normalized spacial score (nSPS) is 18.0. The minimum atomic E-state index is -0.613. The molecule has 1 amide bonds. The van der Waals surface area contributed by atoms with Crippen LogP contribution in [0.2, 0.25) is 10.0 Å². The lowest BCUT2D eigenvalue weighted by molar-refractivity contribution is 0.132. The fourth-order valence-electron chi connectivity index (χ4n) is 3.02. The molecular formula is C22H14Cl2N2O2. The highest BCUT2D eigenvalue weighted by Crippen LogP contribution is 2.40. The molecule has 0 radical (unpaired) electrons. The molecule has 0 spiro atoms. The van der Waals surface area contributed by atoms with Crippen molar-refractivity contribution in [2.24, 2.45) is 0 Å². The second kappa shape index (κ2) is 7.93. The first-order valence-electron chi connectivity index (χ1n) is 8.54. The van der Waals surface area contributed by atoms with E-state index in [0.717, 1.165) is 16.7 Å². The molecule has 0 unspecified atom stereocenters. The number of rotatable bonds is 2. The summed E-state index contributed by atoms with van der Waals surface area (Å²) in [4.78, 5) is 16.2. The predicted molar refractivity (Wildman–Crippen MR) is 108 cm³/mol. The van der Waals surface area contributed by atoms with Crippen LogP contribution in [0.1, 0.15) is 34.4 Å². The van der Waals surface area contributed by atoms with E-state index in [-0.39, 0.29) is 0 Å². The van der Waals surface area contributed by atoms with E-state index in [0.29, 0.717) is 15.6 Å². The first-order chi connectivity index (χ1) is 13.6. The molecule has 2 aromatic carbocycles. The van der Waals surface area contributed by atoms with Crippen molar-refractivity contribution in [3.63, 3.8) is 0 Å². The summed E-state index contributed by atoms with van der Waals surface area (Å²) in [6.07, 6.45) is 2.22. The van der Waals surface area contributed by atoms with Crippen LogP contribution in [0.4, 0.5) is 4.79 Å². The third-order valence-corrected chi connectivity index (χ3v) is 4.90. The van der Waals surface area contributed by atoms with Crippen LogP contribution in [0.25, 0.3) is 0 Å². The lowest BCUT2D eigenvalue weighted by atomic mass is 9.97. The molecule has 1 aromatic heterocycles. The summed E-state index contributed by atoms with van der Waals surface area (Å²) >= 11 is 12.4. The van der Waals surface area contributed by atoms with Crippen LogP contribution in [-0.2, 0) is 4.74 Å². The zero-order valence-electron chi connectivity index (χ0n) is 14.5. The molecule has 4 rings (SSSR count). The van der Waals surface area contributed by atoms with Crippen molar-refractivity contribution in [2.75, 3.05) is 0 Å². The molecule has 0 bridgehead atoms. The fourth-order valence-corrected chi connectivity index (χ4v) is 3.42. The molecule has 2 heterocycles. The Morgan fingerprint density at radius 3 is 2.57 bits per heavy atom. The highest BCUT2D eigenvalue weighted by Gasteiger charge is 2.38. The number of nitrogens with zero attached hydrogens (tertiary/aromatic N) is 1. The quantitative estimate of drug-likeness (QED) is 0.584. The summed E-state index contributed by atoms with van der Waals surface area (Å²) < 4.78 is 5.46. The van der Waals surface area contributed by atoms with E-state index in [1.165, 1.54) is 0 Å². The van der Waals surface area contributed by atoms with E-state index in [2.05, 4.69) is 22.1 Å². The van der Waals surface area contributed by atoms with Gasteiger partial charge in [-0.05, 0) is 42.0 Å². The van der Waals surface area contributed by atoms with E-state index < -0.39 is 18.2 Å². The molecule has 3 aromatic rings. The van der Waals surface area contributed by atoms with Gasteiger partial charge in [0.1, 0.15) is 6.04 Å². The molecule has 4 nitrogen and oxygen atoms in total. The van der Waals surface area contributed by atoms with Gasteiger partial charge in [-0.1, -0.05) is 53.2 Å². The first kappa shape index (κ1) is 18.4.